The van der Waals surface area contributed by atoms with Crippen molar-refractivity contribution in [3.63, 3.8) is 0 Å². The van der Waals surface area contributed by atoms with Crippen LogP contribution < -0.4 is 10.9 Å². The molecule has 1 unspecified atom stereocenters. The highest BCUT2D eigenvalue weighted by Crippen LogP contribution is 2.28. The van der Waals surface area contributed by atoms with E-state index in [2.05, 4.69) is 10.3 Å². The second-order valence-corrected chi connectivity index (χ2v) is 8.71. The van der Waals surface area contributed by atoms with Gasteiger partial charge in [-0.3, -0.25) is 14.2 Å². The number of aryl methyl sites for hydroxylation is 1. The lowest BCUT2D eigenvalue weighted by atomic mass is 10.2. The van der Waals surface area contributed by atoms with Crippen molar-refractivity contribution in [2.24, 2.45) is 0 Å². The Balaban J connectivity index is 1.75. The molecule has 0 saturated heterocycles. The molecule has 30 heavy (non-hydrogen) atoms. The van der Waals surface area contributed by atoms with Crippen LogP contribution in [0.2, 0.25) is 0 Å². The minimum atomic E-state index is -0.419. The van der Waals surface area contributed by atoms with Crippen LogP contribution in [-0.2, 0) is 4.79 Å². The Morgan fingerprint density at radius 2 is 1.87 bits per heavy atom. The molecule has 2 aromatic heterocycles. The monoisotopic (exact) mass is 436 g/mol. The summed E-state index contributed by atoms with van der Waals surface area (Å²) >= 11 is 2.68. The number of carbonyl (C=O) groups is 1. The van der Waals surface area contributed by atoms with Crippen LogP contribution in [0.3, 0.4) is 0 Å². The molecule has 4 aromatic rings. The first-order valence-electron chi connectivity index (χ1n) is 9.53. The number of thioether (sulfide) groups is 1. The number of nitrogens with one attached hydrogen (secondary N) is 1. The average Bonchev–Trinajstić information content (AvgIpc) is 3.17. The van der Waals surface area contributed by atoms with Gasteiger partial charge in [0.25, 0.3) is 5.56 Å². The van der Waals surface area contributed by atoms with Crippen LogP contribution in [0.4, 0.5) is 5.13 Å². The Bertz CT molecular complexity index is 1250. The minimum Gasteiger partial charge on any atom is -0.301 e. The maximum Gasteiger partial charge on any atom is 0.266 e. The van der Waals surface area contributed by atoms with E-state index >= 15 is 0 Å². The van der Waals surface area contributed by atoms with E-state index in [1.165, 1.54) is 23.1 Å². The summed E-state index contributed by atoms with van der Waals surface area (Å²) in [6.45, 7) is 3.83. The minimum absolute atomic E-state index is 0.153. The van der Waals surface area contributed by atoms with Gasteiger partial charge >= 0.3 is 0 Å². The van der Waals surface area contributed by atoms with Crippen molar-refractivity contribution in [2.75, 3.05) is 5.32 Å². The van der Waals surface area contributed by atoms with Gasteiger partial charge in [0.2, 0.25) is 5.91 Å². The molecule has 6 nitrogen and oxygen atoms in total. The second kappa shape index (κ2) is 8.81. The van der Waals surface area contributed by atoms with E-state index in [1.807, 2.05) is 67.8 Å². The van der Waals surface area contributed by atoms with Crippen molar-refractivity contribution >= 4 is 45.0 Å². The number of amides is 1. The molecule has 2 aromatic carbocycles. The number of aromatic nitrogens is 3. The lowest BCUT2D eigenvalue weighted by Crippen LogP contribution is -2.27. The lowest BCUT2D eigenvalue weighted by molar-refractivity contribution is -0.115. The molecule has 1 atom stereocenters. The number of benzene rings is 2. The van der Waals surface area contributed by atoms with Gasteiger partial charge in [-0.2, -0.15) is 0 Å². The summed E-state index contributed by atoms with van der Waals surface area (Å²) in [6, 6.07) is 16.6. The van der Waals surface area contributed by atoms with E-state index < -0.39 is 5.25 Å². The first-order chi connectivity index (χ1) is 14.6. The van der Waals surface area contributed by atoms with Gasteiger partial charge in [0.05, 0.1) is 27.5 Å². The molecule has 0 bridgehead atoms. The van der Waals surface area contributed by atoms with Gasteiger partial charge < -0.3 is 5.32 Å². The predicted octanol–water partition coefficient (Wildman–Crippen LogP) is 4.66. The number of fused-ring (bicyclic) bond motifs is 1. The summed E-state index contributed by atoms with van der Waals surface area (Å²) in [6.07, 6.45) is 0.582. The van der Waals surface area contributed by atoms with E-state index in [4.69, 9.17) is 4.98 Å². The first-order valence-corrected chi connectivity index (χ1v) is 11.3. The maximum absolute atomic E-state index is 13.3. The van der Waals surface area contributed by atoms with Crippen LogP contribution in [0.25, 0.3) is 16.6 Å². The molecular formula is C22H20N4O2S2. The number of carbonyl (C=O) groups excluding carboxylic acids is 1. The fourth-order valence-electron chi connectivity index (χ4n) is 3.04. The van der Waals surface area contributed by atoms with Crippen molar-refractivity contribution in [1.29, 1.82) is 0 Å². The quantitative estimate of drug-likeness (QED) is 0.351. The normalized spacial score (nSPS) is 12.1. The van der Waals surface area contributed by atoms with Crippen LogP contribution in [0.1, 0.15) is 19.0 Å². The van der Waals surface area contributed by atoms with Crippen molar-refractivity contribution in [3.05, 3.63) is 76.0 Å². The van der Waals surface area contributed by atoms with Crippen LogP contribution in [-0.4, -0.2) is 25.7 Å². The largest absolute Gasteiger partial charge is 0.301 e. The molecule has 0 radical (unpaired) electrons. The molecule has 0 aliphatic heterocycles. The lowest BCUT2D eigenvalue weighted by Gasteiger charge is -2.17. The summed E-state index contributed by atoms with van der Waals surface area (Å²) in [7, 11) is 0. The first kappa shape index (κ1) is 20.3. The molecule has 0 aliphatic carbocycles. The molecule has 4 rings (SSSR count). The molecule has 8 heteroatoms. The third-order valence-corrected chi connectivity index (χ3v) is 6.71. The summed E-state index contributed by atoms with van der Waals surface area (Å²) in [5, 5.41) is 5.95. The van der Waals surface area contributed by atoms with Gasteiger partial charge in [-0.25, -0.2) is 9.97 Å². The smallest absolute Gasteiger partial charge is 0.266 e. The predicted molar refractivity (Wildman–Crippen MR) is 123 cm³/mol. The Labute approximate surface area is 182 Å². The van der Waals surface area contributed by atoms with Crippen LogP contribution in [0.5, 0.6) is 0 Å². The van der Waals surface area contributed by atoms with Crippen LogP contribution in [0.15, 0.2) is 69.9 Å². The third kappa shape index (κ3) is 4.15. The number of hydrogen-bond acceptors (Lipinski definition) is 6. The Hall–Kier alpha value is -2.97. The zero-order chi connectivity index (χ0) is 21.1. The van der Waals surface area contributed by atoms with Crippen molar-refractivity contribution in [2.45, 2.75) is 30.7 Å². The molecule has 1 N–H and O–H groups in total. The molecule has 152 valence electrons. The Morgan fingerprint density at radius 1 is 1.13 bits per heavy atom. The maximum atomic E-state index is 13.3. The molecule has 0 fully saturated rings. The zero-order valence-corrected chi connectivity index (χ0v) is 18.2. The van der Waals surface area contributed by atoms with Crippen LogP contribution in [0, 0.1) is 6.92 Å². The molecule has 1 amide bonds. The standard InChI is InChI=1S/C22H20N4O2S2/c1-3-18(19(27)25-21-23-14(2)13-29-21)30-22-24-17-12-8-7-11-16(17)20(28)26(22)15-9-5-4-6-10-15/h4-13,18H,3H2,1-2H3,(H,23,25,27). The van der Waals surface area contributed by atoms with Crippen molar-refractivity contribution in [3.8, 4) is 5.69 Å². The topological polar surface area (TPSA) is 76.9 Å². The summed E-state index contributed by atoms with van der Waals surface area (Å²) < 4.78 is 1.58. The molecule has 2 heterocycles. The SMILES string of the molecule is CCC(Sc1nc2ccccc2c(=O)n1-c1ccccc1)C(=O)Nc1nc(C)cs1. The van der Waals surface area contributed by atoms with E-state index in [1.54, 1.807) is 10.6 Å². The number of para-hydroxylation sites is 2. The van der Waals surface area contributed by atoms with E-state index in [0.29, 0.717) is 33.3 Å². The van der Waals surface area contributed by atoms with Crippen molar-refractivity contribution < 1.29 is 4.79 Å². The van der Waals surface area contributed by atoms with Crippen molar-refractivity contribution in [1.82, 2.24) is 14.5 Å². The Kier molecular flexibility index (Phi) is 5.96. The molecular weight excluding hydrogens is 416 g/mol. The van der Waals surface area contributed by atoms with E-state index in [9.17, 15) is 9.59 Å². The second-order valence-electron chi connectivity index (χ2n) is 6.69. The van der Waals surface area contributed by atoms with Gasteiger partial charge in [0.1, 0.15) is 0 Å². The third-order valence-electron chi connectivity index (χ3n) is 4.52. The number of rotatable bonds is 6. The number of anilines is 1. The molecule has 0 aliphatic rings. The average molecular weight is 437 g/mol. The zero-order valence-electron chi connectivity index (χ0n) is 16.5. The number of thiazole rings is 1. The van der Waals surface area contributed by atoms with Gasteiger partial charge in [-0.05, 0) is 37.6 Å². The summed E-state index contributed by atoms with van der Waals surface area (Å²) in [5.74, 6) is -0.154. The Morgan fingerprint density at radius 3 is 2.57 bits per heavy atom. The fourth-order valence-corrected chi connectivity index (χ4v) is 4.77. The molecule has 0 spiro atoms. The summed E-state index contributed by atoms with van der Waals surface area (Å²) in [5.41, 5.74) is 2.04. The van der Waals surface area contributed by atoms with Crippen LogP contribution >= 0.6 is 23.1 Å². The van der Waals surface area contributed by atoms with Gasteiger partial charge in [-0.1, -0.05) is 49.0 Å². The fraction of sp³-hybridized carbons (Fsp3) is 0.182. The van der Waals surface area contributed by atoms with Gasteiger partial charge in [0.15, 0.2) is 10.3 Å². The van der Waals surface area contributed by atoms with E-state index in [-0.39, 0.29) is 11.5 Å². The number of nitrogens with zero attached hydrogens (tertiary/aromatic N) is 3. The van der Waals surface area contributed by atoms with E-state index in [0.717, 1.165) is 5.69 Å². The molecule has 0 saturated carbocycles. The number of hydrogen-bond donors (Lipinski definition) is 1. The summed E-state index contributed by atoms with van der Waals surface area (Å²) in [4.78, 5) is 35.2. The highest BCUT2D eigenvalue weighted by molar-refractivity contribution is 8.00. The van der Waals surface area contributed by atoms with Gasteiger partial charge in [-0.15, -0.1) is 11.3 Å². The highest BCUT2D eigenvalue weighted by Gasteiger charge is 2.23. The van der Waals surface area contributed by atoms with Gasteiger partial charge in [0, 0.05) is 5.38 Å². The highest BCUT2D eigenvalue weighted by atomic mass is 32.2.